The van der Waals surface area contributed by atoms with Crippen LogP contribution in [0.1, 0.15) is 23.8 Å². The number of rotatable bonds is 4. The third-order valence-electron chi connectivity index (χ3n) is 4.25. The van der Waals surface area contributed by atoms with Crippen LogP contribution in [0.3, 0.4) is 0 Å². The maximum absolute atomic E-state index is 12.7. The van der Waals surface area contributed by atoms with Gasteiger partial charge in [0.2, 0.25) is 0 Å². The van der Waals surface area contributed by atoms with Crippen LogP contribution in [-0.4, -0.2) is 38.2 Å². The second kappa shape index (κ2) is 6.72. The van der Waals surface area contributed by atoms with Gasteiger partial charge in [-0.2, -0.15) is 0 Å². The Morgan fingerprint density at radius 2 is 1.92 bits per heavy atom. The number of aliphatic hydroxyl groups is 2. The van der Waals surface area contributed by atoms with E-state index in [0.29, 0.717) is 0 Å². The zero-order valence-corrected chi connectivity index (χ0v) is 13.3. The largest absolute Gasteiger partial charge is 0.394 e. The van der Waals surface area contributed by atoms with Crippen molar-refractivity contribution in [2.24, 2.45) is 0 Å². The van der Waals surface area contributed by atoms with E-state index >= 15 is 0 Å². The minimum absolute atomic E-state index is 0.164. The summed E-state index contributed by atoms with van der Waals surface area (Å²) in [6.45, 7) is 1.80. The zero-order valence-electron chi connectivity index (χ0n) is 13.3. The molecule has 128 valence electrons. The van der Waals surface area contributed by atoms with Crippen LogP contribution >= 0.6 is 0 Å². The topological polar surface area (TPSA) is 93.7 Å². The number of aromatic nitrogens is 2. The molecule has 24 heavy (non-hydrogen) atoms. The van der Waals surface area contributed by atoms with E-state index in [2.05, 4.69) is 0 Å². The Morgan fingerprint density at radius 1 is 1.21 bits per heavy atom. The lowest BCUT2D eigenvalue weighted by atomic mass is 10.1. The molecule has 1 saturated heterocycles. The van der Waals surface area contributed by atoms with Crippen molar-refractivity contribution >= 4 is 0 Å². The van der Waals surface area contributed by atoms with E-state index in [-0.39, 0.29) is 19.6 Å². The lowest BCUT2D eigenvalue weighted by molar-refractivity contribution is -0.0463. The highest BCUT2D eigenvalue weighted by atomic mass is 16.5. The molecule has 7 heteroatoms. The van der Waals surface area contributed by atoms with Crippen LogP contribution in [0.5, 0.6) is 0 Å². The molecule has 1 aliphatic rings. The van der Waals surface area contributed by atoms with Gasteiger partial charge in [-0.3, -0.25) is 13.9 Å². The van der Waals surface area contributed by atoms with Gasteiger partial charge in [0.1, 0.15) is 12.3 Å². The first-order valence-electron chi connectivity index (χ1n) is 7.81. The number of aryl methyl sites for hydroxylation is 1. The first-order chi connectivity index (χ1) is 11.5. The van der Waals surface area contributed by atoms with Crippen LogP contribution in [-0.2, 0) is 11.3 Å². The van der Waals surface area contributed by atoms with Gasteiger partial charge < -0.3 is 14.9 Å². The Kier molecular flexibility index (Phi) is 4.66. The summed E-state index contributed by atoms with van der Waals surface area (Å²) < 4.78 is 7.92. The van der Waals surface area contributed by atoms with E-state index in [0.717, 1.165) is 15.7 Å². The van der Waals surface area contributed by atoms with Gasteiger partial charge in [0.25, 0.3) is 5.56 Å². The highest BCUT2D eigenvalue weighted by Crippen LogP contribution is 2.27. The molecule has 1 fully saturated rings. The molecular weight excluding hydrogens is 312 g/mol. The Morgan fingerprint density at radius 3 is 2.54 bits per heavy atom. The Labute approximate surface area is 138 Å². The molecule has 0 unspecified atom stereocenters. The number of hydrogen-bond donors (Lipinski definition) is 2. The van der Waals surface area contributed by atoms with Crippen molar-refractivity contribution in [3.05, 3.63) is 68.5 Å². The van der Waals surface area contributed by atoms with Crippen molar-refractivity contribution in [1.82, 2.24) is 9.13 Å². The summed E-state index contributed by atoms with van der Waals surface area (Å²) >= 11 is 0. The summed E-state index contributed by atoms with van der Waals surface area (Å²) in [4.78, 5) is 24.7. The van der Waals surface area contributed by atoms with Crippen molar-refractivity contribution in [3.63, 3.8) is 0 Å². The van der Waals surface area contributed by atoms with Gasteiger partial charge in [-0.1, -0.05) is 29.8 Å². The molecule has 1 aromatic heterocycles. The summed E-state index contributed by atoms with van der Waals surface area (Å²) in [5, 5.41) is 19.0. The normalized spacial score (nSPS) is 23.5. The standard InChI is InChI=1S/C17H20N2O5/c1-11-2-4-12(5-3-11)9-19-15(22)6-7-18(17(19)23)16-8-13(21)14(10-20)24-16/h2-7,13-14,16,20-21H,8-10H2,1H3/t13-,14+,16+/m0/s1. The minimum Gasteiger partial charge on any atom is -0.394 e. The van der Waals surface area contributed by atoms with Gasteiger partial charge in [0, 0.05) is 18.7 Å². The van der Waals surface area contributed by atoms with Crippen molar-refractivity contribution in [3.8, 4) is 0 Å². The van der Waals surface area contributed by atoms with E-state index in [1.54, 1.807) is 0 Å². The molecule has 3 atom stereocenters. The highest BCUT2D eigenvalue weighted by molar-refractivity contribution is 5.21. The van der Waals surface area contributed by atoms with Gasteiger partial charge >= 0.3 is 5.69 Å². The molecule has 1 aliphatic heterocycles. The molecule has 2 aromatic rings. The maximum atomic E-state index is 12.7. The summed E-state index contributed by atoms with van der Waals surface area (Å²) in [6, 6.07) is 8.89. The quantitative estimate of drug-likeness (QED) is 0.822. The summed E-state index contributed by atoms with van der Waals surface area (Å²) in [7, 11) is 0. The molecule has 1 aromatic carbocycles. The smallest absolute Gasteiger partial charge is 0.333 e. The lowest BCUT2D eigenvalue weighted by Crippen LogP contribution is -2.40. The molecule has 0 saturated carbocycles. The predicted molar refractivity (Wildman–Crippen MR) is 86.9 cm³/mol. The molecule has 0 bridgehead atoms. The average molecular weight is 332 g/mol. The van der Waals surface area contributed by atoms with Gasteiger partial charge in [0.05, 0.1) is 19.3 Å². The Balaban J connectivity index is 1.92. The zero-order chi connectivity index (χ0) is 17.3. The summed E-state index contributed by atoms with van der Waals surface area (Å²) in [5.41, 5.74) is 1.05. The second-order valence-electron chi connectivity index (χ2n) is 6.03. The van der Waals surface area contributed by atoms with E-state index in [1.165, 1.54) is 16.8 Å². The number of nitrogens with zero attached hydrogens (tertiary/aromatic N) is 2. The van der Waals surface area contributed by atoms with Crippen molar-refractivity contribution < 1.29 is 14.9 Å². The fraction of sp³-hybridized carbons (Fsp3) is 0.412. The van der Waals surface area contributed by atoms with Gasteiger partial charge in [-0.05, 0) is 12.5 Å². The lowest BCUT2D eigenvalue weighted by Gasteiger charge is -2.16. The summed E-state index contributed by atoms with van der Waals surface area (Å²) in [6.07, 6.45) is -0.709. The van der Waals surface area contributed by atoms with E-state index in [4.69, 9.17) is 9.84 Å². The number of hydrogen-bond acceptors (Lipinski definition) is 5. The first-order valence-corrected chi connectivity index (χ1v) is 7.81. The predicted octanol–water partition coefficient (Wildman–Crippen LogP) is 0.00742. The average Bonchev–Trinajstić information content (AvgIpc) is 2.94. The molecule has 0 amide bonds. The fourth-order valence-corrected chi connectivity index (χ4v) is 2.82. The van der Waals surface area contributed by atoms with Gasteiger partial charge in [-0.15, -0.1) is 0 Å². The van der Waals surface area contributed by atoms with Crippen LogP contribution in [0.2, 0.25) is 0 Å². The molecule has 0 aliphatic carbocycles. The van der Waals surface area contributed by atoms with Crippen LogP contribution in [0, 0.1) is 6.92 Å². The maximum Gasteiger partial charge on any atom is 0.333 e. The molecule has 0 spiro atoms. The van der Waals surface area contributed by atoms with Gasteiger partial charge in [-0.25, -0.2) is 4.79 Å². The third kappa shape index (κ3) is 3.19. The number of aliphatic hydroxyl groups excluding tert-OH is 2. The van der Waals surface area contributed by atoms with Crippen LogP contribution in [0.15, 0.2) is 46.1 Å². The molecule has 2 N–H and O–H groups in total. The van der Waals surface area contributed by atoms with E-state index in [9.17, 15) is 14.7 Å². The van der Waals surface area contributed by atoms with Gasteiger partial charge in [0.15, 0.2) is 0 Å². The highest BCUT2D eigenvalue weighted by Gasteiger charge is 2.35. The van der Waals surface area contributed by atoms with Crippen LogP contribution in [0.4, 0.5) is 0 Å². The molecule has 7 nitrogen and oxygen atoms in total. The Bertz CT molecular complexity index is 824. The molecule has 2 heterocycles. The minimum atomic E-state index is -0.843. The SMILES string of the molecule is Cc1ccc(Cn2c(=O)ccn([C@H]3C[C@H](O)[C@@H](CO)O3)c2=O)cc1. The second-order valence-corrected chi connectivity index (χ2v) is 6.03. The number of benzene rings is 1. The number of ether oxygens (including phenoxy) is 1. The Hall–Kier alpha value is -2.22. The summed E-state index contributed by atoms with van der Waals surface area (Å²) in [5.74, 6) is 0. The molecule has 3 rings (SSSR count). The van der Waals surface area contributed by atoms with Crippen molar-refractivity contribution in [2.45, 2.75) is 38.3 Å². The monoisotopic (exact) mass is 332 g/mol. The molecule has 0 radical (unpaired) electrons. The molecular formula is C17H20N2O5. The van der Waals surface area contributed by atoms with Crippen LogP contribution in [0.25, 0.3) is 0 Å². The van der Waals surface area contributed by atoms with Crippen molar-refractivity contribution in [2.75, 3.05) is 6.61 Å². The van der Waals surface area contributed by atoms with Crippen LogP contribution < -0.4 is 11.2 Å². The van der Waals surface area contributed by atoms with Crippen molar-refractivity contribution in [1.29, 1.82) is 0 Å². The first kappa shape index (κ1) is 16.6. The van der Waals surface area contributed by atoms with E-state index < -0.39 is 29.7 Å². The van der Waals surface area contributed by atoms with E-state index in [1.807, 2.05) is 31.2 Å². The fourth-order valence-electron chi connectivity index (χ4n) is 2.82. The third-order valence-corrected chi connectivity index (χ3v) is 4.25.